The Kier molecular flexibility index (Phi) is 3.99. The molecule has 1 N–H and O–H groups in total. The maximum absolute atomic E-state index is 12.9. The number of ketones is 1. The van der Waals surface area contributed by atoms with E-state index in [2.05, 4.69) is 4.74 Å². The first-order valence-corrected chi connectivity index (χ1v) is 9.29. The van der Waals surface area contributed by atoms with E-state index in [0.29, 0.717) is 12.8 Å². The molecule has 3 unspecified atom stereocenters. The molecule has 4 aliphatic carbocycles. The normalized spacial score (nSPS) is 36.7. The third-order valence-electron chi connectivity index (χ3n) is 5.39. The van der Waals surface area contributed by atoms with Crippen molar-refractivity contribution in [2.45, 2.75) is 44.4 Å². The van der Waals surface area contributed by atoms with Gasteiger partial charge in [0, 0.05) is 5.92 Å². The number of esters is 1. The molecule has 4 bridgehead atoms. The number of carbonyl (C=O) groups is 2. The molecule has 0 aromatic heterocycles. The predicted molar refractivity (Wildman–Crippen MR) is 73.3 cm³/mol. The summed E-state index contributed by atoms with van der Waals surface area (Å²) in [5.74, 6) is -3.57. The third kappa shape index (κ3) is 3.05. The van der Waals surface area contributed by atoms with Crippen LogP contribution in [0, 0.1) is 23.2 Å². The number of halogens is 3. The van der Waals surface area contributed by atoms with Crippen LogP contribution in [0.3, 0.4) is 0 Å². The Balaban J connectivity index is 1.84. The summed E-state index contributed by atoms with van der Waals surface area (Å²) >= 11 is 0. The molecule has 4 saturated carbocycles. The second kappa shape index (κ2) is 5.42. The molecule has 4 rings (SSSR count). The van der Waals surface area contributed by atoms with E-state index in [1.807, 2.05) is 0 Å². The lowest BCUT2D eigenvalue weighted by Gasteiger charge is -2.53. The molecule has 4 aliphatic rings. The summed E-state index contributed by atoms with van der Waals surface area (Å²) < 4.78 is 73.5. The zero-order valence-electron chi connectivity index (χ0n) is 12.6. The zero-order chi connectivity index (χ0) is 17.9. The molecule has 10 heteroatoms. The number of alkyl halides is 3. The van der Waals surface area contributed by atoms with E-state index in [4.69, 9.17) is 4.55 Å². The molecule has 0 aromatic rings. The molecule has 0 saturated heterocycles. The second-order valence-electron chi connectivity index (χ2n) is 7.17. The molecule has 136 valence electrons. The van der Waals surface area contributed by atoms with Gasteiger partial charge in [0.25, 0.3) is 10.1 Å². The van der Waals surface area contributed by atoms with Crippen LogP contribution in [-0.2, 0) is 24.4 Å². The summed E-state index contributed by atoms with van der Waals surface area (Å²) in [6.45, 7) is 0. The van der Waals surface area contributed by atoms with Crippen molar-refractivity contribution in [3.05, 3.63) is 0 Å². The van der Waals surface area contributed by atoms with Gasteiger partial charge >= 0.3 is 12.1 Å². The summed E-state index contributed by atoms with van der Waals surface area (Å²) in [6, 6.07) is 0. The minimum Gasteiger partial charge on any atom is -0.451 e. The molecule has 0 aromatic carbocycles. The molecule has 0 radical (unpaired) electrons. The number of ether oxygens (including phenoxy) is 1. The van der Waals surface area contributed by atoms with Crippen molar-refractivity contribution < 1.29 is 40.5 Å². The van der Waals surface area contributed by atoms with Crippen LogP contribution in [0.15, 0.2) is 0 Å². The quantitative estimate of drug-likeness (QED) is 0.460. The molecule has 3 atom stereocenters. The molecular weight excluding hydrogens is 353 g/mol. The SMILES string of the molecule is O=C(OC(CS(=O)(=O)O)C(F)(F)F)C12CC3CC(CC(C3)C1=O)C2. The van der Waals surface area contributed by atoms with Gasteiger partial charge < -0.3 is 4.74 Å². The minimum absolute atomic E-state index is 0.110. The summed E-state index contributed by atoms with van der Waals surface area (Å²) in [7, 11) is -5.00. The number of rotatable bonds is 4. The largest absolute Gasteiger partial charge is 0.451 e. The maximum atomic E-state index is 12.9. The Hall–Kier alpha value is -1.16. The van der Waals surface area contributed by atoms with E-state index in [1.165, 1.54) is 0 Å². The van der Waals surface area contributed by atoms with Gasteiger partial charge in [0.15, 0.2) is 5.78 Å². The van der Waals surface area contributed by atoms with Gasteiger partial charge in [0.05, 0.1) is 0 Å². The average molecular weight is 370 g/mol. The summed E-state index contributed by atoms with van der Waals surface area (Å²) in [4.78, 5) is 24.9. The van der Waals surface area contributed by atoms with Crippen molar-refractivity contribution in [2.24, 2.45) is 23.2 Å². The Labute approximate surface area is 136 Å². The van der Waals surface area contributed by atoms with Gasteiger partial charge in [-0.3, -0.25) is 14.1 Å². The van der Waals surface area contributed by atoms with E-state index >= 15 is 0 Å². The van der Waals surface area contributed by atoms with Crippen molar-refractivity contribution in [3.63, 3.8) is 0 Å². The van der Waals surface area contributed by atoms with Gasteiger partial charge in [-0.25, -0.2) is 0 Å². The van der Waals surface area contributed by atoms with E-state index < -0.39 is 39.5 Å². The van der Waals surface area contributed by atoms with Crippen LogP contribution < -0.4 is 0 Å². The van der Waals surface area contributed by atoms with Crippen molar-refractivity contribution in [1.82, 2.24) is 0 Å². The molecule has 24 heavy (non-hydrogen) atoms. The highest BCUT2D eigenvalue weighted by Gasteiger charge is 2.62. The van der Waals surface area contributed by atoms with Crippen LogP contribution in [-0.4, -0.2) is 42.8 Å². The Bertz CT molecular complexity index is 656. The standard InChI is InChI=1S/C14H17F3O6S/c15-14(16,17)10(6-24(20,21)22)23-12(19)13-4-7-1-8(5-13)3-9(2-7)11(13)18/h7-10H,1-6H2,(H,20,21,22). The first-order chi connectivity index (χ1) is 10.9. The first kappa shape index (κ1) is 17.7. The minimum atomic E-state index is -5.16. The number of Topliss-reactive ketones (excluding diaryl/α,β-unsaturated/α-hetero) is 1. The molecule has 4 fully saturated rings. The van der Waals surface area contributed by atoms with Crippen LogP contribution >= 0.6 is 0 Å². The lowest BCUT2D eigenvalue weighted by Crippen LogP contribution is -2.58. The van der Waals surface area contributed by atoms with Crippen LogP contribution in [0.25, 0.3) is 0 Å². The van der Waals surface area contributed by atoms with Crippen LogP contribution in [0.4, 0.5) is 13.2 Å². The van der Waals surface area contributed by atoms with E-state index in [9.17, 15) is 31.2 Å². The fraction of sp³-hybridized carbons (Fsp3) is 0.857. The lowest BCUT2D eigenvalue weighted by atomic mass is 9.49. The van der Waals surface area contributed by atoms with Crippen LogP contribution in [0.1, 0.15) is 32.1 Å². The third-order valence-corrected chi connectivity index (χ3v) is 6.11. The Morgan fingerprint density at radius 3 is 2.25 bits per heavy atom. The number of hydrogen-bond acceptors (Lipinski definition) is 5. The number of carbonyl (C=O) groups excluding carboxylic acids is 2. The van der Waals surface area contributed by atoms with Crippen molar-refractivity contribution in [3.8, 4) is 0 Å². The molecule has 0 aliphatic heterocycles. The number of hydrogen-bond donors (Lipinski definition) is 1. The first-order valence-electron chi connectivity index (χ1n) is 7.68. The maximum Gasteiger partial charge on any atom is 0.426 e. The molecular formula is C14H17F3O6S. The molecule has 0 amide bonds. The topological polar surface area (TPSA) is 97.7 Å². The van der Waals surface area contributed by atoms with E-state index in [1.54, 1.807) is 0 Å². The average Bonchev–Trinajstić information content (AvgIpc) is 2.40. The van der Waals surface area contributed by atoms with Gasteiger partial charge in [-0.15, -0.1) is 0 Å². The van der Waals surface area contributed by atoms with Gasteiger partial charge in [0.1, 0.15) is 11.2 Å². The van der Waals surface area contributed by atoms with Crippen LogP contribution in [0.2, 0.25) is 0 Å². The molecule has 0 spiro atoms. The van der Waals surface area contributed by atoms with Gasteiger partial charge in [-0.05, 0) is 43.9 Å². The van der Waals surface area contributed by atoms with E-state index in [0.717, 1.165) is 6.42 Å². The fourth-order valence-electron chi connectivity index (χ4n) is 4.67. The second-order valence-corrected chi connectivity index (χ2v) is 8.67. The zero-order valence-corrected chi connectivity index (χ0v) is 13.4. The van der Waals surface area contributed by atoms with Crippen molar-refractivity contribution in [1.29, 1.82) is 0 Å². The summed E-state index contributed by atoms with van der Waals surface area (Å²) in [5, 5.41) is 0. The van der Waals surface area contributed by atoms with E-state index in [-0.39, 0.29) is 36.4 Å². The monoisotopic (exact) mass is 370 g/mol. The smallest absolute Gasteiger partial charge is 0.426 e. The van der Waals surface area contributed by atoms with Gasteiger partial charge in [-0.2, -0.15) is 21.6 Å². The van der Waals surface area contributed by atoms with Crippen LogP contribution in [0.5, 0.6) is 0 Å². The fourth-order valence-corrected chi connectivity index (χ4v) is 5.31. The molecule has 0 heterocycles. The predicted octanol–water partition coefficient (Wildman–Crippen LogP) is 1.74. The summed E-state index contributed by atoms with van der Waals surface area (Å²) in [5.41, 5.74) is -1.59. The Morgan fingerprint density at radius 2 is 1.79 bits per heavy atom. The van der Waals surface area contributed by atoms with Crippen molar-refractivity contribution >= 4 is 21.9 Å². The highest BCUT2D eigenvalue weighted by molar-refractivity contribution is 7.85. The van der Waals surface area contributed by atoms with Crippen molar-refractivity contribution in [2.75, 3.05) is 5.75 Å². The van der Waals surface area contributed by atoms with Gasteiger partial charge in [0.2, 0.25) is 6.10 Å². The lowest BCUT2D eigenvalue weighted by molar-refractivity contribution is -0.225. The highest BCUT2D eigenvalue weighted by Crippen LogP contribution is 2.58. The highest BCUT2D eigenvalue weighted by atomic mass is 32.2. The molecule has 6 nitrogen and oxygen atoms in total. The Morgan fingerprint density at radius 1 is 1.25 bits per heavy atom. The summed E-state index contributed by atoms with van der Waals surface area (Å²) in [6.07, 6.45) is -5.66. The van der Waals surface area contributed by atoms with Gasteiger partial charge in [-0.1, -0.05) is 0 Å².